The Bertz CT molecular complexity index is 894. The molecule has 3 amide bonds. The molecule has 3 rings (SSSR count). The van der Waals surface area contributed by atoms with Gasteiger partial charge in [-0.2, -0.15) is 4.39 Å². The molecule has 2 aliphatic rings. The van der Waals surface area contributed by atoms with E-state index < -0.39 is 17.6 Å². The van der Waals surface area contributed by atoms with E-state index in [0.29, 0.717) is 42.7 Å². The SMILES string of the molecule is Cc1nc(NNC(=O)C(CC2CCCC2)CN(O)C=O)c(F)c(N2CC[C@@H](C(=O)N(C)C)C2)n1. The molecule has 188 valence electrons. The number of halogens is 1. The summed E-state index contributed by atoms with van der Waals surface area (Å²) in [5.41, 5.74) is 5.03. The number of carbonyl (C=O) groups excluding carboxylic acids is 3. The van der Waals surface area contributed by atoms with E-state index in [4.69, 9.17) is 0 Å². The fourth-order valence-corrected chi connectivity index (χ4v) is 4.76. The summed E-state index contributed by atoms with van der Waals surface area (Å²) in [6.45, 7) is 2.28. The fourth-order valence-electron chi connectivity index (χ4n) is 4.76. The maximum Gasteiger partial charge on any atom is 0.243 e. The molecule has 0 aromatic carbocycles. The summed E-state index contributed by atoms with van der Waals surface area (Å²) in [4.78, 5) is 47.5. The van der Waals surface area contributed by atoms with Crippen molar-refractivity contribution >= 4 is 29.9 Å². The minimum absolute atomic E-state index is 0.0131. The first-order chi connectivity index (χ1) is 16.2. The standard InChI is InChI=1S/C22H34FN7O4/c1-14-24-19(18(23)20(25-14)29-9-8-16(11-29)22(33)28(2)3)26-27-21(32)17(12-30(34)13-31)10-15-6-4-5-7-15/h13,15-17,34H,4-12H2,1-3H3,(H,27,32)(H,24,25,26)/t16-,17?/m1/s1. The second-order valence-corrected chi connectivity index (χ2v) is 9.35. The Labute approximate surface area is 198 Å². The predicted octanol–water partition coefficient (Wildman–Crippen LogP) is 1.33. The molecule has 0 spiro atoms. The Kier molecular flexibility index (Phi) is 8.59. The summed E-state index contributed by atoms with van der Waals surface area (Å²) in [7, 11) is 3.38. The van der Waals surface area contributed by atoms with Crippen LogP contribution in [-0.4, -0.2) is 77.1 Å². The Morgan fingerprint density at radius 1 is 1.26 bits per heavy atom. The monoisotopic (exact) mass is 479 g/mol. The number of hydrogen-bond donors (Lipinski definition) is 3. The maximum absolute atomic E-state index is 15.3. The lowest BCUT2D eigenvalue weighted by molar-refractivity contribution is -0.154. The molecule has 2 heterocycles. The molecular formula is C22H34FN7O4. The molecule has 1 aromatic heterocycles. The molecule has 1 aliphatic heterocycles. The lowest BCUT2D eigenvalue weighted by Gasteiger charge is -2.23. The summed E-state index contributed by atoms with van der Waals surface area (Å²) in [6, 6.07) is 0. The number of anilines is 2. The van der Waals surface area contributed by atoms with Crippen molar-refractivity contribution in [3.63, 3.8) is 0 Å². The van der Waals surface area contributed by atoms with E-state index in [1.165, 1.54) is 4.90 Å². The van der Waals surface area contributed by atoms with E-state index in [-0.39, 0.29) is 36.4 Å². The zero-order valence-corrected chi connectivity index (χ0v) is 20.0. The molecular weight excluding hydrogens is 445 g/mol. The van der Waals surface area contributed by atoms with Gasteiger partial charge in [0.25, 0.3) is 0 Å². The van der Waals surface area contributed by atoms with E-state index in [9.17, 15) is 19.6 Å². The Morgan fingerprint density at radius 2 is 1.97 bits per heavy atom. The zero-order chi connectivity index (χ0) is 24.8. The van der Waals surface area contributed by atoms with Crippen LogP contribution >= 0.6 is 0 Å². The maximum atomic E-state index is 15.3. The van der Waals surface area contributed by atoms with Gasteiger partial charge in [0.2, 0.25) is 24.0 Å². The van der Waals surface area contributed by atoms with Gasteiger partial charge >= 0.3 is 0 Å². The molecule has 1 aliphatic carbocycles. The zero-order valence-electron chi connectivity index (χ0n) is 20.0. The Balaban J connectivity index is 1.68. The van der Waals surface area contributed by atoms with E-state index in [2.05, 4.69) is 20.8 Å². The van der Waals surface area contributed by atoms with Gasteiger partial charge in [-0.05, 0) is 25.7 Å². The first-order valence-electron chi connectivity index (χ1n) is 11.7. The molecule has 2 fully saturated rings. The van der Waals surface area contributed by atoms with Crippen LogP contribution < -0.4 is 15.8 Å². The molecule has 1 unspecified atom stereocenters. The van der Waals surface area contributed by atoms with Crippen LogP contribution in [0.4, 0.5) is 16.0 Å². The van der Waals surface area contributed by atoms with Gasteiger partial charge in [0.15, 0.2) is 11.6 Å². The average Bonchev–Trinajstić information content (AvgIpc) is 3.50. The third kappa shape index (κ3) is 6.31. The quantitative estimate of drug-likeness (QED) is 0.260. The molecule has 0 radical (unpaired) electrons. The summed E-state index contributed by atoms with van der Waals surface area (Å²) in [5, 5.41) is 10.1. The van der Waals surface area contributed by atoms with Crippen molar-refractivity contribution in [2.24, 2.45) is 17.8 Å². The second kappa shape index (κ2) is 11.4. The van der Waals surface area contributed by atoms with Crippen LogP contribution in [-0.2, 0) is 14.4 Å². The fraction of sp³-hybridized carbons (Fsp3) is 0.682. The van der Waals surface area contributed by atoms with Crippen LogP contribution in [0, 0.1) is 30.5 Å². The number of nitrogens with zero attached hydrogens (tertiary/aromatic N) is 5. The number of hydrazine groups is 1. The molecule has 1 saturated heterocycles. The van der Waals surface area contributed by atoms with Gasteiger partial charge in [-0.1, -0.05) is 25.7 Å². The molecule has 34 heavy (non-hydrogen) atoms. The summed E-state index contributed by atoms with van der Waals surface area (Å²) in [6.07, 6.45) is 5.56. The molecule has 1 aromatic rings. The largest absolute Gasteiger partial charge is 0.353 e. The number of rotatable bonds is 10. The first kappa shape index (κ1) is 25.6. The number of nitrogens with one attached hydrogen (secondary N) is 2. The van der Waals surface area contributed by atoms with Crippen molar-refractivity contribution < 1.29 is 24.0 Å². The van der Waals surface area contributed by atoms with Gasteiger partial charge in [0.1, 0.15) is 5.82 Å². The van der Waals surface area contributed by atoms with Gasteiger partial charge in [0.05, 0.1) is 18.4 Å². The molecule has 2 atom stereocenters. The lowest BCUT2D eigenvalue weighted by Crippen LogP contribution is -2.41. The van der Waals surface area contributed by atoms with Gasteiger partial charge in [-0.15, -0.1) is 0 Å². The number of hydrogen-bond acceptors (Lipinski definition) is 8. The van der Waals surface area contributed by atoms with Crippen molar-refractivity contribution in [3.8, 4) is 0 Å². The summed E-state index contributed by atoms with van der Waals surface area (Å²) < 4.78 is 15.3. The van der Waals surface area contributed by atoms with Crippen molar-refractivity contribution in [1.29, 1.82) is 0 Å². The minimum atomic E-state index is -0.729. The highest BCUT2D eigenvalue weighted by Gasteiger charge is 2.33. The topological polar surface area (TPSA) is 131 Å². The van der Waals surface area contributed by atoms with Crippen LogP contribution in [0.2, 0.25) is 0 Å². The third-order valence-corrected chi connectivity index (χ3v) is 6.52. The average molecular weight is 480 g/mol. The molecule has 11 nitrogen and oxygen atoms in total. The Hall–Kier alpha value is -3.02. The van der Waals surface area contributed by atoms with Crippen LogP contribution in [0.25, 0.3) is 0 Å². The highest BCUT2D eigenvalue weighted by atomic mass is 19.1. The second-order valence-electron chi connectivity index (χ2n) is 9.35. The number of aryl methyl sites for hydroxylation is 1. The van der Waals surface area contributed by atoms with Gasteiger partial charge in [-0.3, -0.25) is 30.4 Å². The summed E-state index contributed by atoms with van der Waals surface area (Å²) in [5.74, 6) is -1.58. The molecule has 1 saturated carbocycles. The number of amides is 3. The van der Waals surface area contributed by atoms with E-state index in [1.807, 2.05) is 0 Å². The van der Waals surface area contributed by atoms with Crippen molar-refractivity contribution in [2.75, 3.05) is 44.1 Å². The van der Waals surface area contributed by atoms with Crippen molar-refractivity contribution in [1.82, 2.24) is 25.4 Å². The van der Waals surface area contributed by atoms with E-state index in [1.54, 1.807) is 25.9 Å². The van der Waals surface area contributed by atoms with Crippen LogP contribution in [0.5, 0.6) is 0 Å². The Morgan fingerprint density at radius 3 is 2.62 bits per heavy atom. The first-order valence-corrected chi connectivity index (χ1v) is 11.7. The number of hydroxylamine groups is 2. The normalized spacial score (nSPS) is 19.1. The lowest BCUT2D eigenvalue weighted by atomic mass is 9.92. The smallest absolute Gasteiger partial charge is 0.243 e. The highest BCUT2D eigenvalue weighted by molar-refractivity contribution is 5.81. The molecule has 0 bridgehead atoms. The number of aromatic nitrogens is 2. The van der Waals surface area contributed by atoms with Gasteiger partial charge < -0.3 is 9.80 Å². The van der Waals surface area contributed by atoms with Gasteiger partial charge in [0, 0.05) is 27.2 Å². The predicted molar refractivity (Wildman–Crippen MR) is 122 cm³/mol. The third-order valence-electron chi connectivity index (χ3n) is 6.52. The van der Waals surface area contributed by atoms with Crippen LogP contribution in [0.15, 0.2) is 0 Å². The van der Waals surface area contributed by atoms with Crippen molar-refractivity contribution in [3.05, 3.63) is 11.6 Å². The van der Waals surface area contributed by atoms with Crippen LogP contribution in [0.1, 0.15) is 44.3 Å². The molecule has 12 heteroatoms. The number of carbonyl (C=O) groups is 3. The summed E-state index contributed by atoms with van der Waals surface area (Å²) >= 11 is 0. The highest BCUT2D eigenvalue weighted by Crippen LogP contribution is 2.31. The van der Waals surface area contributed by atoms with E-state index >= 15 is 4.39 Å². The minimum Gasteiger partial charge on any atom is -0.353 e. The van der Waals surface area contributed by atoms with Gasteiger partial charge in [-0.25, -0.2) is 15.0 Å². The van der Waals surface area contributed by atoms with Crippen molar-refractivity contribution in [2.45, 2.75) is 45.4 Å². The molecule has 3 N–H and O–H groups in total. The van der Waals surface area contributed by atoms with Crippen LogP contribution in [0.3, 0.4) is 0 Å². The van der Waals surface area contributed by atoms with E-state index in [0.717, 1.165) is 25.7 Å².